The summed E-state index contributed by atoms with van der Waals surface area (Å²) < 4.78 is 4.85. The van der Waals surface area contributed by atoms with Crippen LogP contribution in [0.5, 0.6) is 0 Å². The lowest BCUT2D eigenvalue weighted by molar-refractivity contribution is -0.144. The van der Waals surface area contributed by atoms with Crippen LogP contribution in [-0.2, 0) is 14.3 Å². The van der Waals surface area contributed by atoms with Gasteiger partial charge in [0.1, 0.15) is 5.57 Å². The Bertz CT molecular complexity index is 266. The van der Waals surface area contributed by atoms with Crippen LogP contribution in [-0.4, -0.2) is 23.7 Å². The van der Waals surface area contributed by atoms with E-state index in [2.05, 4.69) is 0 Å². The number of esters is 1. The van der Waals surface area contributed by atoms with Gasteiger partial charge in [0.15, 0.2) is 0 Å². The molecule has 0 rings (SSSR count). The van der Waals surface area contributed by atoms with Crippen molar-refractivity contribution in [1.82, 2.24) is 0 Å². The van der Waals surface area contributed by atoms with E-state index in [-0.39, 0.29) is 12.2 Å². The number of unbranched alkanes of at least 4 members (excludes halogenated alkanes) is 1. The number of carbonyl (C=O) groups excluding carboxylic acids is 1. The van der Waals surface area contributed by atoms with Crippen LogP contribution in [0.2, 0.25) is 0 Å². The fourth-order valence-corrected chi connectivity index (χ4v) is 0.998. The summed E-state index contributed by atoms with van der Waals surface area (Å²) in [5.74, 6) is -1.64. The van der Waals surface area contributed by atoms with Gasteiger partial charge >= 0.3 is 11.9 Å². The van der Waals surface area contributed by atoms with Crippen LogP contribution < -0.4 is 0 Å². The number of carboxylic acid groups (broad SMARTS) is 1. The molecule has 0 saturated heterocycles. The smallest absolute Gasteiger partial charge is 0.345 e. The van der Waals surface area contributed by atoms with Gasteiger partial charge in [-0.1, -0.05) is 33.3 Å². The van der Waals surface area contributed by atoms with E-state index >= 15 is 0 Å². The lowest BCUT2D eigenvalue weighted by Crippen LogP contribution is -2.16. The summed E-state index contributed by atoms with van der Waals surface area (Å²) in [4.78, 5) is 22.2. The quantitative estimate of drug-likeness (QED) is 0.239. The van der Waals surface area contributed by atoms with E-state index in [1.807, 2.05) is 20.8 Å². The van der Waals surface area contributed by atoms with Crippen molar-refractivity contribution in [2.45, 2.75) is 40.0 Å². The lowest BCUT2D eigenvalue weighted by Gasteiger charge is -2.05. The highest BCUT2D eigenvalue weighted by molar-refractivity contribution is 6.13. The molecule has 0 spiro atoms. The molecule has 0 fully saturated rings. The number of allylic oxidation sites excluding steroid dienone is 1. The second kappa shape index (κ2) is 7.91. The molecule has 92 valence electrons. The fraction of sp³-hybridized carbons (Fsp3) is 0.667. The standard InChI is InChI=1S/C12H20O4/c1-4-5-8-16-12(15)10(11(13)14)7-6-9(2)3/h7,9H,4-6,8H2,1-3H3,(H,13,14). The van der Waals surface area contributed by atoms with Crippen molar-refractivity contribution in [2.24, 2.45) is 5.92 Å². The minimum absolute atomic E-state index is 0.259. The highest BCUT2D eigenvalue weighted by Gasteiger charge is 2.18. The Morgan fingerprint density at radius 2 is 2.00 bits per heavy atom. The molecule has 0 atom stereocenters. The van der Waals surface area contributed by atoms with Crippen LogP contribution in [0.3, 0.4) is 0 Å². The average Bonchev–Trinajstić information content (AvgIpc) is 2.17. The molecule has 0 aromatic rings. The third-order valence-corrected chi connectivity index (χ3v) is 1.97. The monoisotopic (exact) mass is 228 g/mol. The molecule has 0 aliphatic rings. The summed E-state index contributed by atoms with van der Waals surface area (Å²) in [6.45, 7) is 6.17. The molecule has 0 aromatic heterocycles. The zero-order valence-corrected chi connectivity index (χ0v) is 10.2. The van der Waals surface area contributed by atoms with Gasteiger partial charge in [-0.15, -0.1) is 0 Å². The van der Waals surface area contributed by atoms with E-state index in [4.69, 9.17) is 9.84 Å². The van der Waals surface area contributed by atoms with E-state index < -0.39 is 11.9 Å². The van der Waals surface area contributed by atoms with Crippen LogP contribution >= 0.6 is 0 Å². The number of hydrogen-bond donors (Lipinski definition) is 1. The highest BCUT2D eigenvalue weighted by Crippen LogP contribution is 2.07. The molecule has 0 heterocycles. The van der Waals surface area contributed by atoms with Crippen LogP contribution in [0.15, 0.2) is 11.6 Å². The van der Waals surface area contributed by atoms with Crippen molar-refractivity contribution in [1.29, 1.82) is 0 Å². The molecule has 16 heavy (non-hydrogen) atoms. The minimum atomic E-state index is -1.22. The third kappa shape index (κ3) is 6.22. The van der Waals surface area contributed by atoms with Crippen molar-refractivity contribution < 1.29 is 19.4 Å². The van der Waals surface area contributed by atoms with E-state index in [9.17, 15) is 9.59 Å². The van der Waals surface area contributed by atoms with Crippen molar-refractivity contribution in [3.05, 3.63) is 11.6 Å². The van der Waals surface area contributed by atoms with Gasteiger partial charge in [0, 0.05) is 0 Å². The number of ether oxygens (including phenoxy) is 1. The Morgan fingerprint density at radius 3 is 2.44 bits per heavy atom. The normalized spacial score (nSPS) is 11.6. The zero-order valence-electron chi connectivity index (χ0n) is 10.2. The number of hydrogen-bond acceptors (Lipinski definition) is 3. The molecule has 1 N–H and O–H groups in total. The molecule has 4 nitrogen and oxygen atoms in total. The summed E-state index contributed by atoms with van der Waals surface area (Å²) in [7, 11) is 0. The summed E-state index contributed by atoms with van der Waals surface area (Å²) in [6, 6.07) is 0. The first-order valence-electron chi connectivity index (χ1n) is 5.59. The molecular weight excluding hydrogens is 208 g/mol. The summed E-state index contributed by atoms with van der Waals surface area (Å²) in [5, 5.41) is 8.84. The second-order valence-corrected chi connectivity index (χ2v) is 4.04. The van der Waals surface area contributed by atoms with Crippen molar-refractivity contribution >= 4 is 11.9 Å². The summed E-state index contributed by atoms with van der Waals surface area (Å²) in [6.07, 6.45) is 3.65. The van der Waals surface area contributed by atoms with E-state index in [0.717, 1.165) is 12.8 Å². The topological polar surface area (TPSA) is 63.6 Å². The Kier molecular flexibility index (Phi) is 7.25. The first kappa shape index (κ1) is 14.7. The summed E-state index contributed by atoms with van der Waals surface area (Å²) in [5.41, 5.74) is -0.259. The third-order valence-electron chi connectivity index (χ3n) is 1.97. The van der Waals surface area contributed by atoms with Gasteiger partial charge in [0.25, 0.3) is 0 Å². The molecule has 0 bridgehead atoms. The molecule has 0 saturated carbocycles. The average molecular weight is 228 g/mol. The molecule has 0 aliphatic carbocycles. The van der Waals surface area contributed by atoms with Gasteiger partial charge in [-0.25, -0.2) is 9.59 Å². The first-order valence-corrected chi connectivity index (χ1v) is 5.59. The van der Waals surface area contributed by atoms with Crippen molar-refractivity contribution in [3.8, 4) is 0 Å². The van der Waals surface area contributed by atoms with Crippen LogP contribution in [0.1, 0.15) is 40.0 Å². The van der Waals surface area contributed by atoms with Crippen LogP contribution in [0.4, 0.5) is 0 Å². The maximum atomic E-state index is 11.4. The van der Waals surface area contributed by atoms with E-state index in [1.54, 1.807) is 0 Å². The molecule has 4 heteroatoms. The predicted octanol–water partition coefficient (Wildman–Crippen LogP) is 2.39. The van der Waals surface area contributed by atoms with Gasteiger partial charge in [-0.2, -0.15) is 0 Å². The van der Waals surface area contributed by atoms with Gasteiger partial charge in [-0.05, 0) is 18.8 Å². The number of carbonyl (C=O) groups is 2. The Hall–Kier alpha value is -1.32. The molecule has 0 unspecified atom stereocenters. The Morgan fingerprint density at radius 1 is 1.38 bits per heavy atom. The summed E-state index contributed by atoms with van der Waals surface area (Å²) >= 11 is 0. The zero-order chi connectivity index (χ0) is 12.6. The first-order chi connectivity index (χ1) is 7.49. The number of rotatable bonds is 7. The van der Waals surface area contributed by atoms with Gasteiger partial charge in [0.05, 0.1) is 6.61 Å². The van der Waals surface area contributed by atoms with E-state index in [0.29, 0.717) is 12.3 Å². The molecule has 0 radical (unpaired) electrons. The maximum Gasteiger partial charge on any atom is 0.345 e. The fourth-order valence-electron chi connectivity index (χ4n) is 0.998. The second-order valence-electron chi connectivity index (χ2n) is 4.04. The lowest BCUT2D eigenvalue weighted by atomic mass is 10.1. The number of carboxylic acids is 1. The highest BCUT2D eigenvalue weighted by atomic mass is 16.5. The molecule has 0 aliphatic heterocycles. The molecule has 0 aromatic carbocycles. The largest absolute Gasteiger partial charge is 0.477 e. The minimum Gasteiger partial charge on any atom is -0.477 e. The number of aliphatic carboxylic acids is 1. The van der Waals surface area contributed by atoms with Gasteiger partial charge < -0.3 is 9.84 Å². The van der Waals surface area contributed by atoms with Crippen LogP contribution in [0.25, 0.3) is 0 Å². The van der Waals surface area contributed by atoms with Gasteiger partial charge in [0.2, 0.25) is 0 Å². The molecular formula is C12H20O4. The predicted molar refractivity (Wildman–Crippen MR) is 61.0 cm³/mol. The van der Waals surface area contributed by atoms with Gasteiger partial charge in [-0.3, -0.25) is 0 Å². The van der Waals surface area contributed by atoms with E-state index in [1.165, 1.54) is 6.08 Å². The Labute approximate surface area is 96.3 Å². The molecule has 0 amide bonds. The SMILES string of the molecule is CCCCOC(=O)C(=CCC(C)C)C(=O)O. The van der Waals surface area contributed by atoms with Crippen LogP contribution in [0, 0.1) is 5.92 Å². The van der Waals surface area contributed by atoms with Crippen molar-refractivity contribution in [2.75, 3.05) is 6.61 Å². The Balaban J connectivity index is 4.36. The maximum absolute atomic E-state index is 11.4. The van der Waals surface area contributed by atoms with Crippen molar-refractivity contribution in [3.63, 3.8) is 0 Å².